The Bertz CT molecular complexity index is 641. The van der Waals surface area contributed by atoms with E-state index >= 15 is 0 Å². The summed E-state index contributed by atoms with van der Waals surface area (Å²) in [6, 6.07) is 3.69. The zero-order chi connectivity index (χ0) is 17.6. The number of halogens is 1. The second-order valence-electron chi connectivity index (χ2n) is 6.56. The molecule has 1 atom stereocenters. The van der Waals surface area contributed by atoms with E-state index in [2.05, 4.69) is 15.4 Å². The second kappa shape index (κ2) is 10.5. The maximum absolute atomic E-state index is 12.3. The Morgan fingerprint density at radius 2 is 2.16 bits per heavy atom. The van der Waals surface area contributed by atoms with Crippen molar-refractivity contribution in [1.82, 2.24) is 15.4 Å². The summed E-state index contributed by atoms with van der Waals surface area (Å²) in [5.41, 5.74) is 0. The minimum absolute atomic E-state index is 0. The molecule has 0 aliphatic carbocycles. The van der Waals surface area contributed by atoms with Gasteiger partial charge in [0.25, 0.3) is 0 Å². The zero-order valence-corrected chi connectivity index (χ0v) is 17.2. The first kappa shape index (κ1) is 22.4. The lowest BCUT2D eigenvalue weighted by Crippen LogP contribution is -2.36. The van der Waals surface area contributed by atoms with Crippen LogP contribution in [0.4, 0.5) is 0 Å². The number of carbonyl (C=O) groups is 1. The van der Waals surface area contributed by atoms with Gasteiger partial charge >= 0.3 is 0 Å². The summed E-state index contributed by atoms with van der Waals surface area (Å²) in [5.74, 6) is 0.379. The van der Waals surface area contributed by atoms with Crippen LogP contribution in [0.1, 0.15) is 38.0 Å². The van der Waals surface area contributed by atoms with Gasteiger partial charge in [0, 0.05) is 30.4 Å². The lowest BCUT2D eigenvalue weighted by molar-refractivity contribution is -0.121. The Morgan fingerprint density at radius 1 is 1.40 bits per heavy atom. The average molecular weight is 410 g/mol. The molecule has 6 nitrogen and oxygen atoms in total. The first-order valence-electron chi connectivity index (χ1n) is 8.45. The standard InChI is InChI=1S/C16H27N3O3S2.ClH/c1-12(2)10-15(20)18-9-7-14-5-6-16(23-14)24(21,22)19-11-13-4-3-8-17-13;/h5-6,12-13,17,19H,3-4,7-11H2,1-2H3,(H,18,20);1H. The van der Waals surface area contributed by atoms with Gasteiger partial charge in [-0.05, 0) is 43.9 Å². The number of hydrogen-bond acceptors (Lipinski definition) is 5. The topological polar surface area (TPSA) is 87.3 Å². The van der Waals surface area contributed by atoms with Crippen LogP contribution in [0, 0.1) is 5.92 Å². The fourth-order valence-electron chi connectivity index (χ4n) is 2.62. The summed E-state index contributed by atoms with van der Waals surface area (Å²) in [4.78, 5) is 12.6. The fraction of sp³-hybridized carbons (Fsp3) is 0.688. The quantitative estimate of drug-likeness (QED) is 0.581. The highest BCUT2D eigenvalue weighted by Gasteiger charge is 2.20. The van der Waals surface area contributed by atoms with Crippen LogP contribution in [0.15, 0.2) is 16.3 Å². The number of hydrogen-bond donors (Lipinski definition) is 3. The Morgan fingerprint density at radius 3 is 2.80 bits per heavy atom. The predicted octanol–water partition coefficient (Wildman–Crippen LogP) is 1.90. The van der Waals surface area contributed by atoms with Crippen molar-refractivity contribution in [2.45, 2.75) is 49.8 Å². The number of rotatable bonds is 9. The lowest BCUT2D eigenvalue weighted by Gasteiger charge is -2.10. The molecule has 2 rings (SSSR count). The highest BCUT2D eigenvalue weighted by atomic mass is 35.5. The van der Waals surface area contributed by atoms with Gasteiger partial charge in [0.05, 0.1) is 0 Å². The Hall–Kier alpha value is -0.670. The number of nitrogens with one attached hydrogen (secondary N) is 3. The Labute approximate surface area is 160 Å². The van der Waals surface area contributed by atoms with E-state index in [0.29, 0.717) is 36.1 Å². The van der Waals surface area contributed by atoms with Crippen LogP contribution < -0.4 is 15.4 Å². The average Bonchev–Trinajstić information content (AvgIpc) is 3.16. The van der Waals surface area contributed by atoms with Gasteiger partial charge in [-0.3, -0.25) is 4.79 Å². The van der Waals surface area contributed by atoms with E-state index in [1.165, 1.54) is 11.3 Å². The minimum Gasteiger partial charge on any atom is -0.356 e. The third kappa shape index (κ3) is 7.62. The van der Waals surface area contributed by atoms with Gasteiger partial charge in [0.15, 0.2) is 0 Å². The molecule has 25 heavy (non-hydrogen) atoms. The molecule has 1 unspecified atom stereocenters. The van der Waals surface area contributed by atoms with Crippen LogP contribution in [0.2, 0.25) is 0 Å². The fourth-order valence-corrected chi connectivity index (χ4v) is 5.10. The van der Waals surface area contributed by atoms with Gasteiger partial charge in [0.1, 0.15) is 4.21 Å². The largest absolute Gasteiger partial charge is 0.356 e. The number of sulfonamides is 1. The summed E-state index contributed by atoms with van der Waals surface area (Å²) < 4.78 is 27.6. The first-order chi connectivity index (χ1) is 11.4. The molecular formula is C16H28ClN3O3S2. The van der Waals surface area contributed by atoms with Gasteiger partial charge in [0.2, 0.25) is 15.9 Å². The smallest absolute Gasteiger partial charge is 0.250 e. The molecule has 144 valence electrons. The van der Waals surface area contributed by atoms with E-state index in [0.717, 1.165) is 24.3 Å². The molecule has 0 spiro atoms. The minimum atomic E-state index is -3.44. The number of carbonyl (C=O) groups excluding carboxylic acids is 1. The zero-order valence-electron chi connectivity index (χ0n) is 14.7. The van der Waals surface area contributed by atoms with Crippen molar-refractivity contribution in [3.05, 3.63) is 17.0 Å². The maximum atomic E-state index is 12.3. The molecule has 1 aliphatic heterocycles. The van der Waals surface area contributed by atoms with Crippen LogP contribution in [0.5, 0.6) is 0 Å². The normalized spacial score (nSPS) is 17.5. The first-order valence-corrected chi connectivity index (χ1v) is 10.8. The van der Waals surface area contributed by atoms with Gasteiger partial charge in [-0.15, -0.1) is 23.7 Å². The molecule has 9 heteroatoms. The Balaban J connectivity index is 0.00000312. The summed E-state index contributed by atoms with van der Waals surface area (Å²) in [6.45, 7) is 5.93. The summed E-state index contributed by atoms with van der Waals surface area (Å²) in [5, 5.41) is 6.14. The van der Waals surface area contributed by atoms with Crippen molar-refractivity contribution >= 4 is 39.7 Å². The number of thiophene rings is 1. The van der Waals surface area contributed by atoms with Crippen LogP contribution in [0.3, 0.4) is 0 Å². The molecule has 1 aliphatic rings. The monoisotopic (exact) mass is 409 g/mol. The molecule has 0 saturated carbocycles. The van der Waals surface area contributed by atoms with Crippen molar-refractivity contribution in [3.63, 3.8) is 0 Å². The van der Waals surface area contributed by atoms with E-state index in [-0.39, 0.29) is 24.4 Å². The van der Waals surface area contributed by atoms with E-state index in [9.17, 15) is 13.2 Å². The molecule has 1 aromatic rings. The number of amides is 1. The van der Waals surface area contributed by atoms with Gasteiger partial charge in [-0.1, -0.05) is 13.8 Å². The van der Waals surface area contributed by atoms with Gasteiger partial charge in [-0.2, -0.15) is 0 Å². The third-order valence-corrected chi connectivity index (χ3v) is 6.93. The highest BCUT2D eigenvalue weighted by Crippen LogP contribution is 2.22. The molecule has 0 bridgehead atoms. The molecule has 1 fully saturated rings. The molecule has 0 aromatic carbocycles. The lowest BCUT2D eigenvalue weighted by atomic mass is 10.1. The maximum Gasteiger partial charge on any atom is 0.250 e. The van der Waals surface area contributed by atoms with Crippen molar-refractivity contribution in [1.29, 1.82) is 0 Å². The van der Waals surface area contributed by atoms with Crippen LogP contribution >= 0.6 is 23.7 Å². The third-order valence-electron chi connectivity index (χ3n) is 3.87. The summed E-state index contributed by atoms with van der Waals surface area (Å²) in [7, 11) is -3.44. The van der Waals surface area contributed by atoms with Crippen LogP contribution in [-0.4, -0.2) is 40.0 Å². The highest BCUT2D eigenvalue weighted by molar-refractivity contribution is 7.91. The second-order valence-corrected chi connectivity index (χ2v) is 9.73. The molecule has 0 radical (unpaired) electrons. The molecule has 1 saturated heterocycles. The van der Waals surface area contributed by atoms with Crippen molar-refractivity contribution in [3.8, 4) is 0 Å². The predicted molar refractivity (Wildman–Crippen MR) is 104 cm³/mol. The van der Waals surface area contributed by atoms with E-state index in [4.69, 9.17) is 0 Å². The van der Waals surface area contributed by atoms with Crippen molar-refractivity contribution in [2.75, 3.05) is 19.6 Å². The van der Waals surface area contributed by atoms with Crippen LogP contribution in [0.25, 0.3) is 0 Å². The van der Waals surface area contributed by atoms with E-state index in [1.54, 1.807) is 6.07 Å². The Kier molecular flexibility index (Phi) is 9.37. The summed E-state index contributed by atoms with van der Waals surface area (Å²) >= 11 is 1.27. The van der Waals surface area contributed by atoms with Crippen molar-refractivity contribution in [2.24, 2.45) is 5.92 Å². The summed E-state index contributed by atoms with van der Waals surface area (Å²) in [6.07, 6.45) is 3.27. The molecule has 3 N–H and O–H groups in total. The van der Waals surface area contributed by atoms with E-state index in [1.807, 2.05) is 19.9 Å². The molecule has 2 heterocycles. The molecular weight excluding hydrogens is 382 g/mol. The molecule has 1 aromatic heterocycles. The van der Waals surface area contributed by atoms with Crippen molar-refractivity contribution < 1.29 is 13.2 Å². The van der Waals surface area contributed by atoms with Gasteiger partial charge in [-0.25, -0.2) is 13.1 Å². The van der Waals surface area contributed by atoms with Gasteiger partial charge < -0.3 is 10.6 Å². The SMILES string of the molecule is CC(C)CC(=O)NCCc1ccc(S(=O)(=O)NCC2CCCN2)s1.Cl. The van der Waals surface area contributed by atoms with Crippen LogP contribution in [-0.2, 0) is 21.2 Å². The molecule has 1 amide bonds. The van der Waals surface area contributed by atoms with E-state index < -0.39 is 10.0 Å².